The Morgan fingerprint density at radius 3 is 2.15 bits per heavy atom. The van der Waals surface area contributed by atoms with Crippen LogP contribution in [0, 0.1) is 0 Å². The van der Waals surface area contributed by atoms with E-state index in [1.807, 2.05) is 48.5 Å². The number of rotatable bonds is 2. The monoisotopic (exact) mass is 325 g/mol. The van der Waals surface area contributed by atoms with Gasteiger partial charge in [-0.2, -0.15) is 9.42 Å². The highest BCUT2D eigenvalue weighted by atomic mass is 35.7. The third-order valence-electron chi connectivity index (χ3n) is 3.29. The summed E-state index contributed by atoms with van der Waals surface area (Å²) in [5, 5.41) is 0.158. The van der Waals surface area contributed by atoms with Crippen molar-refractivity contribution in [2.24, 2.45) is 0 Å². The van der Waals surface area contributed by atoms with Crippen molar-refractivity contribution in [2.45, 2.75) is 17.8 Å². The van der Waals surface area contributed by atoms with Gasteiger partial charge in [0.25, 0.3) is 0 Å². The lowest BCUT2D eigenvalue weighted by Gasteiger charge is -2.28. The molecule has 1 aliphatic heterocycles. The van der Waals surface area contributed by atoms with Crippen LogP contribution in [0.3, 0.4) is 0 Å². The molecule has 0 spiro atoms. The van der Waals surface area contributed by atoms with Crippen LogP contribution in [0.25, 0.3) is 0 Å². The van der Waals surface area contributed by atoms with Gasteiger partial charge in [-0.1, -0.05) is 60.7 Å². The van der Waals surface area contributed by atoms with Crippen molar-refractivity contribution >= 4 is 28.9 Å². The summed E-state index contributed by atoms with van der Waals surface area (Å²) in [5.74, 6) is 0. The van der Waals surface area contributed by atoms with Gasteiger partial charge in [-0.15, -0.1) is 0 Å². The second-order valence-electron chi connectivity index (χ2n) is 4.70. The van der Waals surface area contributed by atoms with Crippen molar-refractivity contribution in [3.05, 3.63) is 71.8 Å². The van der Waals surface area contributed by atoms with Crippen molar-refractivity contribution in [2.75, 3.05) is 0 Å². The van der Waals surface area contributed by atoms with Gasteiger partial charge in [0.1, 0.15) is 17.5 Å². The molecule has 3 atom stereocenters. The van der Waals surface area contributed by atoms with Crippen molar-refractivity contribution in [1.29, 1.82) is 0 Å². The molecule has 0 amide bonds. The third-order valence-corrected chi connectivity index (χ3v) is 7.54. The van der Waals surface area contributed by atoms with Crippen LogP contribution in [0.15, 0.2) is 60.7 Å². The second-order valence-corrected chi connectivity index (χ2v) is 10.7. The molecule has 1 N–H and O–H groups in total. The predicted molar refractivity (Wildman–Crippen MR) is 86.7 cm³/mol. The maximum atomic E-state index is 10.3. The molecule has 2 aromatic carbocycles. The summed E-state index contributed by atoms with van der Waals surface area (Å²) in [6.07, 6.45) is -2.23. The maximum absolute atomic E-state index is 10.3. The number of hydrogen-bond donors (Lipinski definition) is 1. The first-order valence-electron chi connectivity index (χ1n) is 6.42. The lowest BCUT2D eigenvalue weighted by molar-refractivity contribution is 0.192. The molecule has 0 radical (unpaired) electrons. The molecule has 0 bridgehead atoms. The first kappa shape index (κ1) is 14.4. The van der Waals surface area contributed by atoms with Crippen molar-refractivity contribution in [3.8, 4) is 0 Å². The lowest BCUT2D eigenvalue weighted by Crippen LogP contribution is -2.12. The molecule has 0 aromatic heterocycles. The molecule has 1 saturated heterocycles. The van der Waals surface area contributed by atoms with E-state index in [0.717, 1.165) is 12.0 Å². The van der Waals surface area contributed by atoms with Crippen LogP contribution in [0.1, 0.15) is 28.9 Å². The van der Waals surface area contributed by atoms with E-state index in [1.165, 1.54) is 16.9 Å². The molecule has 3 unspecified atom stereocenters. The first-order valence-corrected chi connectivity index (χ1v) is 10.5. The molecule has 1 aliphatic rings. The Labute approximate surface area is 128 Å². The first-order chi connectivity index (χ1) is 9.64. The molecular formula is C15H15ClO2PS+. The minimum Gasteiger partial charge on any atom is -0.193 e. The van der Waals surface area contributed by atoms with Crippen molar-refractivity contribution in [3.63, 3.8) is 0 Å². The van der Waals surface area contributed by atoms with E-state index in [1.54, 1.807) is 0 Å². The van der Waals surface area contributed by atoms with Crippen LogP contribution in [-0.4, -0.2) is 4.89 Å². The molecule has 2 aromatic rings. The summed E-state index contributed by atoms with van der Waals surface area (Å²) in [7, 11) is 0. The maximum Gasteiger partial charge on any atom is 0.435 e. The fourth-order valence-corrected chi connectivity index (χ4v) is 6.95. The van der Waals surface area contributed by atoms with E-state index >= 15 is 0 Å². The average Bonchev–Trinajstić information content (AvgIpc) is 2.47. The molecule has 0 saturated carbocycles. The summed E-state index contributed by atoms with van der Waals surface area (Å²) in [4.78, 5) is 10.3. The molecular weight excluding hydrogens is 311 g/mol. The van der Waals surface area contributed by atoms with E-state index in [4.69, 9.17) is 15.8 Å². The topological polar surface area (TPSA) is 29.5 Å². The summed E-state index contributed by atoms with van der Waals surface area (Å²) in [5.41, 5.74) is 2.24. The third kappa shape index (κ3) is 3.36. The predicted octanol–water partition coefficient (Wildman–Crippen LogP) is 5.53. The van der Waals surface area contributed by atoms with Gasteiger partial charge >= 0.3 is 6.27 Å². The van der Waals surface area contributed by atoms with Gasteiger partial charge in [0.2, 0.25) is 0 Å². The molecule has 5 heteroatoms. The Morgan fingerprint density at radius 1 is 1.00 bits per heavy atom. The Hall–Kier alpha value is -0.570. The van der Waals surface area contributed by atoms with Gasteiger partial charge in [0.15, 0.2) is 11.2 Å². The summed E-state index contributed by atoms with van der Waals surface area (Å²) in [6.45, 7) is 0. The van der Waals surface area contributed by atoms with E-state index < -0.39 is 6.27 Å². The quantitative estimate of drug-likeness (QED) is 0.736. The van der Waals surface area contributed by atoms with Gasteiger partial charge in [0.05, 0.1) is 5.25 Å². The second kappa shape index (κ2) is 6.05. The molecule has 0 aliphatic carbocycles. The summed E-state index contributed by atoms with van der Waals surface area (Å²) < 4.78 is 5.71. The Bertz CT molecular complexity index is 515. The number of benzene rings is 2. The lowest BCUT2D eigenvalue weighted by atomic mass is 10.0. The molecule has 2 nitrogen and oxygen atoms in total. The molecule has 3 rings (SSSR count). The van der Waals surface area contributed by atoms with Crippen LogP contribution in [0.4, 0.5) is 0 Å². The fourth-order valence-electron chi connectivity index (χ4n) is 2.35. The highest BCUT2D eigenvalue weighted by molar-refractivity contribution is 8.66. The van der Waals surface area contributed by atoms with Crippen LogP contribution >= 0.6 is 28.9 Å². The van der Waals surface area contributed by atoms with E-state index in [9.17, 15) is 4.89 Å². The Kier molecular flexibility index (Phi) is 4.34. The average molecular weight is 326 g/mol. The van der Waals surface area contributed by atoms with E-state index in [2.05, 4.69) is 12.1 Å². The molecule has 1 fully saturated rings. The highest BCUT2D eigenvalue weighted by Crippen LogP contribution is 2.80. The van der Waals surface area contributed by atoms with Crippen LogP contribution in [0.2, 0.25) is 0 Å². The normalized spacial score (nSPS) is 30.1. The van der Waals surface area contributed by atoms with E-state index in [0.29, 0.717) is 0 Å². The largest absolute Gasteiger partial charge is 0.435 e. The van der Waals surface area contributed by atoms with Gasteiger partial charge in [-0.05, 0) is 11.1 Å². The molecule has 1 heterocycles. The summed E-state index contributed by atoms with van der Waals surface area (Å²) >= 11 is 7.52. The van der Waals surface area contributed by atoms with Crippen LogP contribution in [0.5, 0.6) is 0 Å². The smallest absolute Gasteiger partial charge is 0.193 e. The number of halogens is 1. The molecule has 104 valence electrons. The van der Waals surface area contributed by atoms with Gasteiger partial charge in [0, 0.05) is 6.42 Å². The van der Waals surface area contributed by atoms with Gasteiger partial charge < -0.3 is 0 Å². The fraction of sp³-hybridized carbons (Fsp3) is 0.200. The highest BCUT2D eigenvalue weighted by Gasteiger charge is 2.51. The standard InChI is InChI=1S/C15H15ClO2PS/c16-19(17)18-14(12-7-3-1-4-8-12)11-15(20-19)13-9-5-2-6-10-13/h1-10,14-15,17H,11H2/q+1. The van der Waals surface area contributed by atoms with Crippen molar-refractivity contribution < 1.29 is 9.42 Å². The Morgan fingerprint density at radius 2 is 1.55 bits per heavy atom. The molecule has 20 heavy (non-hydrogen) atoms. The summed E-state index contributed by atoms with van der Waals surface area (Å²) in [6, 6.07) is 20.1. The zero-order chi connectivity index (χ0) is 14.0. The SMILES string of the molecule is O[P+]1(Cl)OC(c2ccccc2)CC(c2ccccc2)S1. The minimum absolute atomic E-state index is 0.154. The van der Waals surface area contributed by atoms with E-state index in [-0.39, 0.29) is 11.4 Å². The zero-order valence-corrected chi connectivity index (χ0v) is 13.2. The Balaban J connectivity index is 1.87. The number of hydrogen-bond acceptors (Lipinski definition) is 3. The van der Waals surface area contributed by atoms with Gasteiger partial charge in [-0.25, -0.2) is 0 Å². The zero-order valence-electron chi connectivity index (χ0n) is 10.7. The minimum atomic E-state index is -2.89. The van der Waals surface area contributed by atoms with Crippen molar-refractivity contribution in [1.82, 2.24) is 0 Å². The van der Waals surface area contributed by atoms with Crippen LogP contribution < -0.4 is 0 Å². The van der Waals surface area contributed by atoms with Gasteiger partial charge in [-0.3, -0.25) is 0 Å². The van der Waals surface area contributed by atoms with Crippen LogP contribution in [-0.2, 0) is 4.52 Å².